The number of ether oxygens (including phenoxy) is 1. The molecule has 3 aromatic rings. The monoisotopic (exact) mass is 437 g/mol. The number of methoxy groups -OCH3 is 1. The first-order chi connectivity index (χ1) is 14.8. The minimum absolute atomic E-state index is 0.197. The zero-order chi connectivity index (χ0) is 22.4. The molecule has 0 fully saturated rings. The lowest BCUT2D eigenvalue weighted by atomic mass is 10.1. The van der Waals surface area contributed by atoms with Crippen LogP contribution in [-0.2, 0) is 10.0 Å². The lowest BCUT2D eigenvalue weighted by molar-refractivity contribution is 0.0955. The van der Waals surface area contributed by atoms with Crippen LogP contribution in [0.25, 0.3) is 0 Å². The number of hydrogen-bond donors (Lipinski definition) is 1. The molecule has 1 N–H and O–H groups in total. The van der Waals surface area contributed by atoms with E-state index in [0.717, 1.165) is 11.3 Å². The maximum Gasteiger partial charge on any atom is 0.271 e. The first kappa shape index (κ1) is 22.0. The smallest absolute Gasteiger partial charge is 0.271 e. The third kappa shape index (κ3) is 5.10. The third-order valence-corrected chi connectivity index (χ3v) is 6.53. The third-order valence-electron chi connectivity index (χ3n) is 4.73. The molecule has 0 aromatic heterocycles. The molecule has 0 saturated carbocycles. The van der Waals surface area contributed by atoms with E-state index in [-0.39, 0.29) is 4.90 Å². The molecule has 7 nitrogen and oxygen atoms in total. The van der Waals surface area contributed by atoms with E-state index in [1.54, 1.807) is 56.5 Å². The molecule has 8 heteroatoms. The molecule has 0 spiro atoms. The van der Waals surface area contributed by atoms with Crippen LogP contribution in [0.2, 0.25) is 0 Å². The summed E-state index contributed by atoms with van der Waals surface area (Å²) in [7, 11) is -0.615. The van der Waals surface area contributed by atoms with E-state index in [9.17, 15) is 13.2 Å². The quantitative estimate of drug-likeness (QED) is 0.451. The van der Waals surface area contributed by atoms with E-state index in [1.807, 2.05) is 24.3 Å². The van der Waals surface area contributed by atoms with E-state index in [1.165, 1.54) is 23.5 Å². The SMILES string of the molecule is COc1ccc(/C(C)=N\NC(=O)c2ccc(N(C)S(=O)(=O)c3ccccc3)cc2)cc1. The zero-order valence-electron chi connectivity index (χ0n) is 17.4. The number of benzene rings is 3. The van der Waals surface area contributed by atoms with Crippen molar-refractivity contribution >= 4 is 27.3 Å². The molecule has 1 amide bonds. The van der Waals surface area contributed by atoms with E-state index in [2.05, 4.69) is 10.5 Å². The fraction of sp³-hybridized carbons (Fsp3) is 0.130. The number of amides is 1. The number of carbonyl (C=O) groups is 1. The second-order valence-corrected chi connectivity index (χ2v) is 8.67. The molecule has 0 heterocycles. The standard InChI is InChI=1S/C23H23N3O4S/c1-17(18-11-15-21(30-3)16-12-18)24-25-23(27)19-9-13-20(14-10-19)26(2)31(28,29)22-7-5-4-6-8-22/h4-16H,1-3H3,(H,25,27)/b24-17-. The van der Waals surface area contributed by atoms with Crippen molar-refractivity contribution in [1.82, 2.24) is 5.43 Å². The molecule has 31 heavy (non-hydrogen) atoms. The summed E-state index contributed by atoms with van der Waals surface area (Å²) in [6.45, 7) is 1.79. The maximum atomic E-state index is 12.7. The van der Waals surface area contributed by atoms with E-state index >= 15 is 0 Å². The van der Waals surface area contributed by atoms with Crippen molar-refractivity contribution in [3.8, 4) is 5.75 Å². The van der Waals surface area contributed by atoms with Crippen LogP contribution < -0.4 is 14.5 Å². The topological polar surface area (TPSA) is 88.1 Å². The van der Waals surface area contributed by atoms with Crippen LogP contribution in [0.3, 0.4) is 0 Å². The van der Waals surface area contributed by atoms with Crippen LogP contribution in [0, 0.1) is 0 Å². The lowest BCUT2D eigenvalue weighted by Crippen LogP contribution is -2.26. The first-order valence-electron chi connectivity index (χ1n) is 9.46. The van der Waals surface area contributed by atoms with E-state index in [0.29, 0.717) is 17.0 Å². The summed E-state index contributed by atoms with van der Waals surface area (Å²) in [6.07, 6.45) is 0. The zero-order valence-corrected chi connectivity index (χ0v) is 18.3. The Morgan fingerprint density at radius 3 is 2.06 bits per heavy atom. The summed E-state index contributed by atoms with van der Waals surface area (Å²) >= 11 is 0. The van der Waals surface area contributed by atoms with Crippen molar-refractivity contribution < 1.29 is 17.9 Å². The van der Waals surface area contributed by atoms with Crippen LogP contribution >= 0.6 is 0 Å². The summed E-state index contributed by atoms with van der Waals surface area (Å²) in [5.41, 5.74) is 4.81. The number of nitrogens with one attached hydrogen (secondary N) is 1. The predicted octanol–water partition coefficient (Wildman–Crippen LogP) is 3.67. The van der Waals surface area contributed by atoms with Gasteiger partial charge in [-0.1, -0.05) is 18.2 Å². The van der Waals surface area contributed by atoms with E-state index in [4.69, 9.17) is 4.74 Å². The molecule has 3 aromatic carbocycles. The van der Waals surface area contributed by atoms with Gasteiger partial charge in [-0.05, 0) is 73.2 Å². The van der Waals surface area contributed by atoms with Crippen molar-refractivity contribution in [2.45, 2.75) is 11.8 Å². The predicted molar refractivity (Wildman–Crippen MR) is 121 cm³/mol. The fourth-order valence-corrected chi connectivity index (χ4v) is 4.02. The molecule has 0 aliphatic rings. The van der Waals surface area contributed by atoms with Gasteiger partial charge in [-0.3, -0.25) is 9.10 Å². The number of anilines is 1. The number of hydrogen-bond acceptors (Lipinski definition) is 5. The van der Waals surface area contributed by atoms with Crippen LogP contribution in [0.5, 0.6) is 5.75 Å². The largest absolute Gasteiger partial charge is 0.497 e. The van der Waals surface area contributed by atoms with Gasteiger partial charge in [0.05, 0.1) is 23.4 Å². The minimum atomic E-state index is -3.68. The molecule has 0 saturated heterocycles. The molecule has 0 bridgehead atoms. The van der Waals surface area contributed by atoms with Gasteiger partial charge < -0.3 is 4.74 Å². The number of rotatable bonds is 7. The van der Waals surface area contributed by atoms with Gasteiger partial charge in [0.2, 0.25) is 0 Å². The number of carbonyl (C=O) groups excluding carboxylic acids is 1. The van der Waals surface area contributed by atoms with Gasteiger partial charge in [-0.15, -0.1) is 0 Å². The van der Waals surface area contributed by atoms with Crippen LogP contribution in [0.15, 0.2) is 88.9 Å². The summed E-state index contributed by atoms with van der Waals surface area (Å²) in [6, 6.07) is 21.8. The summed E-state index contributed by atoms with van der Waals surface area (Å²) in [5, 5.41) is 4.13. The molecule has 0 radical (unpaired) electrons. The highest BCUT2D eigenvalue weighted by molar-refractivity contribution is 7.92. The van der Waals surface area contributed by atoms with Crippen LogP contribution in [-0.4, -0.2) is 34.2 Å². The second kappa shape index (κ2) is 9.44. The Balaban J connectivity index is 1.69. The molecular formula is C23H23N3O4S. The van der Waals surface area contributed by atoms with Crippen molar-refractivity contribution in [2.24, 2.45) is 5.10 Å². The average Bonchev–Trinajstić information content (AvgIpc) is 2.82. The normalized spacial score (nSPS) is 11.6. The Kier molecular flexibility index (Phi) is 6.71. The fourth-order valence-electron chi connectivity index (χ4n) is 2.81. The number of nitrogens with zero attached hydrogens (tertiary/aromatic N) is 2. The van der Waals surface area contributed by atoms with Crippen LogP contribution in [0.1, 0.15) is 22.8 Å². The highest BCUT2D eigenvalue weighted by atomic mass is 32.2. The van der Waals surface area contributed by atoms with Gasteiger partial charge in [0.15, 0.2) is 0 Å². The highest BCUT2D eigenvalue weighted by Gasteiger charge is 2.21. The number of hydrazone groups is 1. The molecular weight excluding hydrogens is 414 g/mol. The average molecular weight is 438 g/mol. The molecule has 160 valence electrons. The van der Waals surface area contributed by atoms with Crippen molar-refractivity contribution in [3.05, 3.63) is 90.0 Å². The molecule has 0 aliphatic carbocycles. The Labute approximate surface area is 182 Å². The van der Waals surface area contributed by atoms with Crippen molar-refractivity contribution in [1.29, 1.82) is 0 Å². The Bertz CT molecular complexity index is 1170. The number of sulfonamides is 1. The summed E-state index contributed by atoms with van der Waals surface area (Å²) < 4.78 is 31.8. The van der Waals surface area contributed by atoms with Gasteiger partial charge in [0.25, 0.3) is 15.9 Å². The minimum Gasteiger partial charge on any atom is -0.497 e. The lowest BCUT2D eigenvalue weighted by Gasteiger charge is -2.19. The van der Waals surface area contributed by atoms with Crippen molar-refractivity contribution in [2.75, 3.05) is 18.5 Å². The highest BCUT2D eigenvalue weighted by Crippen LogP contribution is 2.22. The summed E-state index contributed by atoms with van der Waals surface area (Å²) in [5.74, 6) is 0.341. The molecule has 0 unspecified atom stereocenters. The molecule has 0 aliphatic heterocycles. The van der Waals surface area contributed by atoms with E-state index < -0.39 is 15.9 Å². The van der Waals surface area contributed by atoms with Gasteiger partial charge in [-0.25, -0.2) is 13.8 Å². The Morgan fingerprint density at radius 2 is 1.48 bits per heavy atom. The molecule has 3 rings (SSSR count). The molecule has 0 atom stereocenters. The van der Waals surface area contributed by atoms with Gasteiger partial charge >= 0.3 is 0 Å². The van der Waals surface area contributed by atoms with Crippen molar-refractivity contribution in [3.63, 3.8) is 0 Å². The van der Waals surface area contributed by atoms with Gasteiger partial charge in [0.1, 0.15) is 5.75 Å². The Morgan fingerprint density at radius 1 is 0.903 bits per heavy atom. The Hall–Kier alpha value is -3.65. The van der Waals surface area contributed by atoms with Crippen LogP contribution in [0.4, 0.5) is 5.69 Å². The maximum absolute atomic E-state index is 12.7. The van der Waals surface area contributed by atoms with Gasteiger partial charge in [-0.2, -0.15) is 5.10 Å². The first-order valence-corrected chi connectivity index (χ1v) is 10.9. The van der Waals surface area contributed by atoms with Gasteiger partial charge in [0, 0.05) is 12.6 Å². The summed E-state index contributed by atoms with van der Waals surface area (Å²) in [4.78, 5) is 12.6. The second-order valence-electron chi connectivity index (χ2n) is 6.70.